The van der Waals surface area contributed by atoms with Crippen molar-refractivity contribution in [3.8, 4) is 5.69 Å². The number of Topliss-reactive ketones (excluding diaryl/α,β-unsaturated/α-hetero) is 1. The number of nitrogens with zero attached hydrogens (tertiary/aromatic N) is 2. The Kier molecular flexibility index (Phi) is 3.19. The summed E-state index contributed by atoms with van der Waals surface area (Å²) in [5.41, 5.74) is 7.12. The predicted molar refractivity (Wildman–Crippen MR) is 99.2 cm³/mol. The number of fused-ring (bicyclic) bond motifs is 4. The third kappa shape index (κ3) is 2.19. The molecule has 0 unspecified atom stereocenters. The largest absolute Gasteiger partial charge is 0.313 e. The van der Waals surface area contributed by atoms with Crippen LogP contribution in [0.15, 0.2) is 59.7 Å². The van der Waals surface area contributed by atoms with E-state index in [4.69, 9.17) is 16.6 Å². The van der Waals surface area contributed by atoms with Crippen LogP contribution in [0.3, 0.4) is 0 Å². The lowest BCUT2D eigenvalue weighted by atomic mass is 10.0. The molecule has 0 atom stereocenters. The number of para-hydroxylation sites is 1. The molecule has 5 rings (SSSR count). The van der Waals surface area contributed by atoms with Gasteiger partial charge in [-0.05, 0) is 41.8 Å². The monoisotopic (exact) mass is 346 g/mol. The highest BCUT2D eigenvalue weighted by Crippen LogP contribution is 2.31. The quantitative estimate of drug-likeness (QED) is 0.633. The topological polar surface area (TPSA) is 34.4 Å². The summed E-state index contributed by atoms with van der Waals surface area (Å²) in [4.78, 5) is 16.8. The van der Waals surface area contributed by atoms with Gasteiger partial charge in [0.2, 0.25) is 0 Å². The minimum atomic E-state index is 0.243. The van der Waals surface area contributed by atoms with Gasteiger partial charge in [0.05, 0.1) is 28.7 Å². The van der Waals surface area contributed by atoms with E-state index in [0.29, 0.717) is 13.0 Å². The third-order valence-corrected chi connectivity index (χ3v) is 5.32. The SMILES string of the molecule is O=C1CCc2cc(C3=NCc4cccc(Cl)c4-n4cccc43)ccc21. The number of aliphatic imine (C=N–C) groups is 1. The van der Waals surface area contributed by atoms with Gasteiger partial charge in [0.15, 0.2) is 5.78 Å². The van der Waals surface area contributed by atoms with Crippen LogP contribution in [-0.4, -0.2) is 16.1 Å². The van der Waals surface area contributed by atoms with Gasteiger partial charge in [-0.3, -0.25) is 9.79 Å². The standard InChI is InChI=1S/C21H15ClN2O/c22-17-4-1-3-15-12-23-20(18-5-2-10-24(18)21(15)17)14-6-8-16-13(11-14)7-9-19(16)25/h1-6,8,10-11H,7,9,12H2. The molecule has 2 aromatic carbocycles. The van der Waals surface area contributed by atoms with Gasteiger partial charge in [-0.15, -0.1) is 0 Å². The molecule has 0 spiro atoms. The fourth-order valence-electron chi connectivity index (χ4n) is 3.81. The van der Waals surface area contributed by atoms with Crippen LogP contribution < -0.4 is 0 Å². The summed E-state index contributed by atoms with van der Waals surface area (Å²) in [5, 5.41) is 0.728. The molecule has 0 saturated heterocycles. The number of benzene rings is 2. The normalized spacial score (nSPS) is 15.2. The van der Waals surface area contributed by atoms with E-state index in [0.717, 1.165) is 50.8 Å². The number of aromatic nitrogens is 1. The minimum absolute atomic E-state index is 0.243. The summed E-state index contributed by atoms with van der Waals surface area (Å²) in [7, 11) is 0. The summed E-state index contributed by atoms with van der Waals surface area (Å²) in [6.07, 6.45) is 3.46. The van der Waals surface area contributed by atoms with Gasteiger partial charge in [0.25, 0.3) is 0 Å². The molecule has 0 radical (unpaired) electrons. The third-order valence-electron chi connectivity index (χ3n) is 5.01. The first-order chi connectivity index (χ1) is 12.2. The number of halogens is 1. The van der Waals surface area contributed by atoms with Crippen molar-refractivity contribution in [2.45, 2.75) is 19.4 Å². The molecule has 3 nitrogen and oxygen atoms in total. The van der Waals surface area contributed by atoms with Crippen LogP contribution >= 0.6 is 11.6 Å². The highest BCUT2D eigenvalue weighted by Gasteiger charge is 2.23. The van der Waals surface area contributed by atoms with Gasteiger partial charge in [-0.1, -0.05) is 35.9 Å². The first-order valence-corrected chi connectivity index (χ1v) is 8.76. The van der Waals surface area contributed by atoms with Crippen molar-refractivity contribution in [1.82, 2.24) is 4.57 Å². The summed E-state index contributed by atoms with van der Waals surface area (Å²) in [5.74, 6) is 0.243. The second kappa shape index (κ2) is 5.43. The van der Waals surface area contributed by atoms with E-state index in [1.807, 2.05) is 36.5 Å². The molecular formula is C21H15ClN2O. The van der Waals surface area contributed by atoms with Crippen LogP contribution in [0.4, 0.5) is 0 Å². The van der Waals surface area contributed by atoms with E-state index in [2.05, 4.69) is 22.8 Å². The Bertz CT molecular complexity index is 1060. The zero-order valence-corrected chi connectivity index (χ0v) is 14.3. The van der Waals surface area contributed by atoms with Crippen LogP contribution in [0.1, 0.15) is 39.2 Å². The highest BCUT2D eigenvalue weighted by atomic mass is 35.5. The molecule has 0 amide bonds. The molecule has 0 fully saturated rings. The number of carbonyl (C=O) groups is 1. The van der Waals surface area contributed by atoms with Gasteiger partial charge < -0.3 is 4.57 Å². The molecule has 122 valence electrons. The fraction of sp³-hybridized carbons (Fsp3) is 0.143. The van der Waals surface area contributed by atoms with E-state index in [1.165, 1.54) is 0 Å². The van der Waals surface area contributed by atoms with Gasteiger partial charge in [0.1, 0.15) is 0 Å². The van der Waals surface area contributed by atoms with Crippen molar-refractivity contribution in [3.63, 3.8) is 0 Å². The van der Waals surface area contributed by atoms with Crippen molar-refractivity contribution in [2.24, 2.45) is 4.99 Å². The molecule has 2 aliphatic rings. The second-order valence-electron chi connectivity index (χ2n) is 6.47. The molecular weight excluding hydrogens is 332 g/mol. The van der Waals surface area contributed by atoms with Crippen LogP contribution in [0, 0.1) is 0 Å². The zero-order valence-electron chi connectivity index (χ0n) is 13.5. The molecule has 3 aromatic rings. The van der Waals surface area contributed by atoms with Gasteiger partial charge >= 0.3 is 0 Å². The first kappa shape index (κ1) is 14.7. The number of hydrogen-bond acceptors (Lipinski definition) is 2. The average molecular weight is 347 g/mol. The predicted octanol–water partition coefficient (Wildman–Crippen LogP) is 4.61. The van der Waals surface area contributed by atoms with Crippen LogP contribution in [0.2, 0.25) is 5.02 Å². The minimum Gasteiger partial charge on any atom is -0.313 e. The molecule has 1 aromatic heterocycles. The zero-order chi connectivity index (χ0) is 17.0. The number of hydrogen-bond donors (Lipinski definition) is 0. The van der Waals surface area contributed by atoms with Crippen molar-refractivity contribution in [2.75, 3.05) is 0 Å². The number of carbonyl (C=O) groups excluding carboxylic acids is 1. The average Bonchev–Trinajstić information content (AvgIpc) is 3.19. The maximum atomic E-state index is 11.9. The molecule has 1 aliphatic carbocycles. The Balaban J connectivity index is 1.69. The Hall–Kier alpha value is -2.65. The van der Waals surface area contributed by atoms with Crippen LogP contribution in [0.5, 0.6) is 0 Å². The lowest BCUT2D eigenvalue weighted by molar-refractivity contribution is 0.0994. The molecule has 0 bridgehead atoms. The Morgan fingerprint density at radius 2 is 1.92 bits per heavy atom. The van der Waals surface area contributed by atoms with Crippen LogP contribution in [-0.2, 0) is 13.0 Å². The smallest absolute Gasteiger partial charge is 0.163 e. The lowest BCUT2D eigenvalue weighted by Crippen LogP contribution is -2.09. The second-order valence-corrected chi connectivity index (χ2v) is 6.88. The first-order valence-electron chi connectivity index (χ1n) is 8.39. The van der Waals surface area contributed by atoms with Crippen molar-refractivity contribution in [1.29, 1.82) is 0 Å². The molecule has 0 N–H and O–H groups in total. The van der Waals surface area contributed by atoms with E-state index < -0.39 is 0 Å². The number of aryl methyl sites for hydroxylation is 1. The van der Waals surface area contributed by atoms with Crippen LogP contribution in [0.25, 0.3) is 5.69 Å². The maximum Gasteiger partial charge on any atom is 0.163 e. The van der Waals surface area contributed by atoms with Gasteiger partial charge in [0, 0.05) is 23.7 Å². The fourth-order valence-corrected chi connectivity index (χ4v) is 4.10. The number of rotatable bonds is 1. The maximum absolute atomic E-state index is 11.9. The Morgan fingerprint density at radius 1 is 1.00 bits per heavy atom. The van der Waals surface area contributed by atoms with Gasteiger partial charge in [-0.2, -0.15) is 0 Å². The Labute approximate surface area is 150 Å². The van der Waals surface area contributed by atoms with Crippen molar-refractivity contribution in [3.05, 3.63) is 87.7 Å². The van der Waals surface area contributed by atoms with E-state index in [-0.39, 0.29) is 5.78 Å². The van der Waals surface area contributed by atoms with Crippen molar-refractivity contribution < 1.29 is 4.79 Å². The molecule has 25 heavy (non-hydrogen) atoms. The number of ketones is 1. The lowest BCUT2D eigenvalue weighted by Gasteiger charge is -2.13. The molecule has 4 heteroatoms. The van der Waals surface area contributed by atoms with E-state index >= 15 is 0 Å². The summed E-state index contributed by atoms with van der Waals surface area (Å²) in [6, 6.07) is 16.1. The molecule has 1 aliphatic heterocycles. The van der Waals surface area contributed by atoms with Gasteiger partial charge in [-0.25, -0.2) is 0 Å². The van der Waals surface area contributed by atoms with Crippen molar-refractivity contribution >= 4 is 23.1 Å². The van der Waals surface area contributed by atoms with E-state index in [1.54, 1.807) is 0 Å². The Morgan fingerprint density at radius 3 is 2.84 bits per heavy atom. The summed E-state index contributed by atoms with van der Waals surface area (Å²) >= 11 is 6.48. The van der Waals surface area contributed by atoms with E-state index in [9.17, 15) is 4.79 Å². The highest BCUT2D eigenvalue weighted by molar-refractivity contribution is 6.32. The molecule has 2 heterocycles. The summed E-state index contributed by atoms with van der Waals surface area (Å²) in [6.45, 7) is 0.586. The summed E-state index contributed by atoms with van der Waals surface area (Å²) < 4.78 is 2.11. The molecule has 0 saturated carbocycles.